The van der Waals surface area contributed by atoms with Gasteiger partial charge in [0.15, 0.2) is 5.82 Å². The fraction of sp³-hybridized carbons (Fsp3) is 0.115. The summed E-state index contributed by atoms with van der Waals surface area (Å²) < 4.78 is 0. The zero-order chi connectivity index (χ0) is 23.0. The van der Waals surface area contributed by atoms with Gasteiger partial charge in [-0.25, -0.2) is 15.0 Å². The van der Waals surface area contributed by atoms with Crippen LogP contribution in [0.15, 0.2) is 85.2 Å². The maximum atomic E-state index is 11.5. The maximum absolute atomic E-state index is 11.5. The van der Waals surface area contributed by atoms with Gasteiger partial charge < -0.3 is 10.4 Å². The van der Waals surface area contributed by atoms with Gasteiger partial charge in [-0.15, -0.1) is 0 Å². The van der Waals surface area contributed by atoms with Gasteiger partial charge in [-0.2, -0.15) is 5.26 Å². The number of hydrogen-bond acceptors (Lipinski definition) is 6. The monoisotopic (exact) mass is 435 g/mol. The van der Waals surface area contributed by atoms with Crippen molar-refractivity contribution in [2.24, 2.45) is 0 Å². The van der Waals surface area contributed by atoms with Gasteiger partial charge >= 0.3 is 5.97 Å². The zero-order valence-corrected chi connectivity index (χ0v) is 17.7. The lowest BCUT2D eigenvalue weighted by Crippen LogP contribution is -2.10. The van der Waals surface area contributed by atoms with Crippen LogP contribution < -0.4 is 5.32 Å². The SMILES string of the molecule is N#Cc1cccc(C(CC(=O)O)c2ccnc(-c3ccc(CNc4ccccn4)cc3)n2)c1. The Morgan fingerprint density at radius 3 is 2.58 bits per heavy atom. The van der Waals surface area contributed by atoms with Crippen molar-refractivity contribution in [2.75, 3.05) is 5.32 Å². The first kappa shape index (κ1) is 21.7. The molecule has 0 fully saturated rings. The number of anilines is 1. The van der Waals surface area contributed by atoms with Crippen molar-refractivity contribution in [2.45, 2.75) is 18.9 Å². The number of rotatable bonds is 8. The van der Waals surface area contributed by atoms with Gasteiger partial charge in [-0.3, -0.25) is 4.79 Å². The van der Waals surface area contributed by atoms with Crippen LogP contribution in [0.4, 0.5) is 5.82 Å². The Balaban J connectivity index is 1.56. The number of aliphatic carboxylic acids is 1. The smallest absolute Gasteiger partial charge is 0.304 e. The third-order valence-corrected chi connectivity index (χ3v) is 5.18. The maximum Gasteiger partial charge on any atom is 0.304 e. The summed E-state index contributed by atoms with van der Waals surface area (Å²) >= 11 is 0. The summed E-state index contributed by atoms with van der Waals surface area (Å²) in [4.78, 5) is 24.9. The Kier molecular flexibility index (Phi) is 6.67. The summed E-state index contributed by atoms with van der Waals surface area (Å²) in [5, 5.41) is 21.9. The number of nitrogens with zero attached hydrogens (tertiary/aromatic N) is 4. The largest absolute Gasteiger partial charge is 0.481 e. The van der Waals surface area contributed by atoms with E-state index in [9.17, 15) is 15.2 Å². The number of benzene rings is 2. The van der Waals surface area contributed by atoms with Crippen molar-refractivity contribution in [3.05, 3.63) is 108 Å². The molecule has 33 heavy (non-hydrogen) atoms. The van der Waals surface area contributed by atoms with E-state index in [0.29, 0.717) is 23.6 Å². The molecule has 0 saturated heterocycles. The standard InChI is InChI=1S/C26H21N5O2/c27-16-19-4-3-5-21(14-19)22(15-25(32)33)23-11-13-29-26(31-23)20-9-7-18(8-10-20)17-30-24-6-1-2-12-28-24/h1-14,22H,15,17H2,(H,28,30)(H,32,33). The number of aromatic nitrogens is 3. The minimum Gasteiger partial charge on any atom is -0.481 e. The predicted octanol–water partition coefficient (Wildman–Crippen LogP) is 4.63. The number of pyridine rings is 1. The molecule has 4 rings (SSSR count). The second-order valence-electron chi connectivity index (χ2n) is 7.46. The van der Waals surface area contributed by atoms with E-state index in [-0.39, 0.29) is 6.42 Å². The summed E-state index contributed by atoms with van der Waals surface area (Å²) in [6.07, 6.45) is 3.24. The highest BCUT2D eigenvalue weighted by Gasteiger charge is 2.20. The fourth-order valence-electron chi connectivity index (χ4n) is 3.53. The van der Waals surface area contributed by atoms with Gasteiger partial charge in [0.05, 0.1) is 23.7 Å². The first-order valence-electron chi connectivity index (χ1n) is 10.4. The molecule has 0 amide bonds. The minimum absolute atomic E-state index is 0.135. The molecule has 0 aliphatic rings. The number of carboxylic acids is 1. The number of nitriles is 1. The van der Waals surface area contributed by atoms with Crippen LogP contribution in [0, 0.1) is 11.3 Å². The van der Waals surface area contributed by atoms with Crippen molar-refractivity contribution < 1.29 is 9.90 Å². The van der Waals surface area contributed by atoms with E-state index in [1.807, 2.05) is 48.5 Å². The number of carbonyl (C=O) groups is 1. The molecule has 2 aromatic heterocycles. The molecule has 0 saturated carbocycles. The highest BCUT2D eigenvalue weighted by atomic mass is 16.4. The van der Waals surface area contributed by atoms with E-state index >= 15 is 0 Å². The molecule has 0 spiro atoms. The van der Waals surface area contributed by atoms with Crippen LogP contribution in [0.2, 0.25) is 0 Å². The van der Waals surface area contributed by atoms with Crippen LogP contribution in [0.1, 0.15) is 34.7 Å². The summed E-state index contributed by atoms with van der Waals surface area (Å²) in [6.45, 7) is 0.633. The quantitative estimate of drug-likeness (QED) is 0.415. The minimum atomic E-state index is -0.938. The molecule has 1 atom stereocenters. The number of carboxylic acid groups (broad SMARTS) is 1. The molecular formula is C26H21N5O2. The van der Waals surface area contributed by atoms with Gasteiger partial charge in [0.1, 0.15) is 5.82 Å². The van der Waals surface area contributed by atoms with Gasteiger partial charge in [0, 0.05) is 30.4 Å². The highest BCUT2D eigenvalue weighted by Crippen LogP contribution is 2.28. The topological polar surface area (TPSA) is 112 Å². The van der Waals surface area contributed by atoms with E-state index in [2.05, 4.69) is 26.3 Å². The molecule has 7 nitrogen and oxygen atoms in total. The number of nitrogens with one attached hydrogen (secondary N) is 1. The average molecular weight is 435 g/mol. The second kappa shape index (κ2) is 10.2. The Morgan fingerprint density at radius 2 is 1.85 bits per heavy atom. The van der Waals surface area contributed by atoms with Crippen LogP contribution >= 0.6 is 0 Å². The van der Waals surface area contributed by atoms with Crippen molar-refractivity contribution in [3.63, 3.8) is 0 Å². The number of hydrogen-bond donors (Lipinski definition) is 2. The van der Waals surface area contributed by atoms with Gasteiger partial charge in [-0.1, -0.05) is 42.5 Å². The molecule has 4 aromatic rings. The zero-order valence-electron chi connectivity index (χ0n) is 17.7. The summed E-state index contributed by atoms with van der Waals surface area (Å²) in [5.41, 5.74) is 3.72. The summed E-state index contributed by atoms with van der Waals surface area (Å²) in [7, 11) is 0. The van der Waals surface area contributed by atoms with Gasteiger partial charge in [0.25, 0.3) is 0 Å². The van der Waals surface area contributed by atoms with E-state index in [1.54, 1.807) is 36.7 Å². The first-order valence-corrected chi connectivity index (χ1v) is 10.4. The van der Waals surface area contributed by atoms with Crippen LogP contribution in [-0.4, -0.2) is 26.0 Å². The van der Waals surface area contributed by atoms with Crippen LogP contribution in [0.5, 0.6) is 0 Å². The molecule has 1 unspecified atom stereocenters. The molecule has 2 aromatic carbocycles. The van der Waals surface area contributed by atoms with E-state index in [1.165, 1.54) is 0 Å². The van der Waals surface area contributed by atoms with Crippen LogP contribution in [0.25, 0.3) is 11.4 Å². The lowest BCUT2D eigenvalue weighted by Gasteiger charge is -2.16. The Labute approximate surface area is 191 Å². The lowest BCUT2D eigenvalue weighted by atomic mass is 9.91. The predicted molar refractivity (Wildman–Crippen MR) is 124 cm³/mol. The van der Waals surface area contributed by atoms with Crippen LogP contribution in [-0.2, 0) is 11.3 Å². The van der Waals surface area contributed by atoms with E-state index in [4.69, 9.17) is 0 Å². The molecule has 0 aliphatic carbocycles. The first-order chi connectivity index (χ1) is 16.1. The lowest BCUT2D eigenvalue weighted by molar-refractivity contribution is -0.137. The van der Waals surface area contributed by atoms with Crippen molar-refractivity contribution in [3.8, 4) is 17.5 Å². The second-order valence-corrected chi connectivity index (χ2v) is 7.46. The van der Waals surface area contributed by atoms with Crippen molar-refractivity contribution in [1.82, 2.24) is 15.0 Å². The van der Waals surface area contributed by atoms with Gasteiger partial charge in [-0.05, 0) is 41.5 Å². The molecule has 7 heteroatoms. The fourth-order valence-corrected chi connectivity index (χ4v) is 3.53. The Morgan fingerprint density at radius 1 is 1.00 bits per heavy atom. The Hall–Kier alpha value is -4.57. The summed E-state index contributed by atoms with van der Waals surface area (Å²) in [6, 6.07) is 24.4. The molecular weight excluding hydrogens is 414 g/mol. The Bertz CT molecular complexity index is 1280. The van der Waals surface area contributed by atoms with Gasteiger partial charge in [0.2, 0.25) is 0 Å². The van der Waals surface area contributed by atoms with Crippen LogP contribution in [0.3, 0.4) is 0 Å². The van der Waals surface area contributed by atoms with E-state index < -0.39 is 11.9 Å². The molecule has 162 valence electrons. The van der Waals surface area contributed by atoms with Crippen molar-refractivity contribution >= 4 is 11.8 Å². The molecule has 2 N–H and O–H groups in total. The average Bonchev–Trinajstić information content (AvgIpc) is 2.87. The third-order valence-electron chi connectivity index (χ3n) is 5.18. The highest BCUT2D eigenvalue weighted by molar-refractivity contribution is 5.69. The third kappa shape index (κ3) is 5.57. The normalized spacial score (nSPS) is 11.4. The molecule has 0 bridgehead atoms. The summed E-state index contributed by atoms with van der Waals surface area (Å²) in [5.74, 6) is -0.0993. The molecule has 2 heterocycles. The molecule has 0 radical (unpaired) electrons. The van der Waals surface area contributed by atoms with E-state index in [0.717, 1.165) is 22.5 Å². The van der Waals surface area contributed by atoms with Crippen molar-refractivity contribution in [1.29, 1.82) is 5.26 Å². The molecule has 0 aliphatic heterocycles.